The van der Waals surface area contributed by atoms with Gasteiger partial charge in [0.15, 0.2) is 0 Å². The average Bonchev–Trinajstić information content (AvgIpc) is 3.10. The van der Waals surface area contributed by atoms with Crippen LogP contribution >= 0.6 is 11.3 Å². The number of hydrogen-bond donors (Lipinski definition) is 1. The molecule has 1 amide bonds. The van der Waals surface area contributed by atoms with Gasteiger partial charge in [-0.25, -0.2) is 0 Å². The molecular formula is C16H24N2OS. The summed E-state index contributed by atoms with van der Waals surface area (Å²) in [4.78, 5) is 16.1. The topological polar surface area (TPSA) is 32.3 Å². The molecule has 1 aromatic rings. The zero-order chi connectivity index (χ0) is 14.3. The van der Waals surface area contributed by atoms with Crippen LogP contribution in [0.15, 0.2) is 17.5 Å². The number of nitrogens with zero attached hydrogens (tertiary/aromatic N) is 1. The van der Waals surface area contributed by atoms with E-state index in [9.17, 15) is 4.79 Å². The zero-order valence-electron chi connectivity index (χ0n) is 12.6. The van der Waals surface area contributed by atoms with E-state index in [1.165, 1.54) is 17.7 Å². The molecule has 3 nitrogen and oxygen atoms in total. The van der Waals surface area contributed by atoms with E-state index in [1.54, 1.807) is 11.3 Å². The molecule has 4 heteroatoms. The third-order valence-corrected chi connectivity index (χ3v) is 5.86. The van der Waals surface area contributed by atoms with Crippen LogP contribution in [0.1, 0.15) is 51.1 Å². The van der Waals surface area contributed by atoms with Crippen molar-refractivity contribution in [2.75, 3.05) is 6.54 Å². The van der Waals surface area contributed by atoms with Gasteiger partial charge in [0.1, 0.15) is 6.17 Å². The maximum absolute atomic E-state index is 12.8. The second kappa shape index (κ2) is 5.15. The van der Waals surface area contributed by atoms with Gasteiger partial charge in [-0.2, -0.15) is 0 Å². The van der Waals surface area contributed by atoms with Gasteiger partial charge in [-0.3, -0.25) is 10.1 Å². The molecule has 3 atom stereocenters. The van der Waals surface area contributed by atoms with Crippen LogP contribution in [0, 0.1) is 11.8 Å². The van der Waals surface area contributed by atoms with Crippen molar-refractivity contribution in [2.45, 2.75) is 51.7 Å². The molecule has 1 N–H and O–H groups in total. The highest BCUT2D eigenvalue weighted by molar-refractivity contribution is 7.10. The molecule has 0 bridgehead atoms. The van der Waals surface area contributed by atoms with Crippen molar-refractivity contribution in [2.24, 2.45) is 11.8 Å². The molecule has 0 radical (unpaired) electrons. The number of nitrogens with one attached hydrogen (secondary N) is 1. The Balaban J connectivity index is 1.83. The van der Waals surface area contributed by atoms with Crippen molar-refractivity contribution in [3.8, 4) is 0 Å². The van der Waals surface area contributed by atoms with Crippen LogP contribution in [0.3, 0.4) is 0 Å². The Labute approximate surface area is 125 Å². The fourth-order valence-electron chi connectivity index (χ4n) is 3.11. The van der Waals surface area contributed by atoms with Crippen LogP contribution in [-0.4, -0.2) is 22.9 Å². The molecule has 110 valence electrons. The second-order valence-corrected chi connectivity index (χ2v) is 7.50. The molecule has 2 fully saturated rings. The van der Waals surface area contributed by atoms with E-state index in [2.05, 4.69) is 41.6 Å². The smallest absolute Gasteiger partial charge is 0.244 e. The summed E-state index contributed by atoms with van der Waals surface area (Å²) in [6, 6.07) is 4.20. The Morgan fingerprint density at radius 3 is 2.85 bits per heavy atom. The van der Waals surface area contributed by atoms with Crippen LogP contribution in [0.5, 0.6) is 0 Å². The van der Waals surface area contributed by atoms with Gasteiger partial charge in [0.2, 0.25) is 5.91 Å². The van der Waals surface area contributed by atoms with Crippen molar-refractivity contribution in [3.05, 3.63) is 22.4 Å². The Bertz CT molecular complexity index is 483. The summed E-state index contributed by atoms with van der Waals surface area (Å²) in [5.41, 5.74) is -0.405. The zero-order valence-corrected chi connectivity index (χ0v) is 13.4. The molecule has 0 aromatic carbocycles. The van der Waals surface area contributed by atoms with E-state index in [4.69, 9.17) is 0 Å². The highest BCUT2D eigenvalue weighted by Gasteiger charge is 2.48. The summed E-state index contributed by atoms with van der Waals surface area (Å²) in [6.45, 7) is 7.30. The van der Waals surface area contributed by atoms with Gasteiger partial charge in [-0.15, -0.1) is 11.3 Å². The van der Waals surface area contributed by atoms with Crippen LogP contribution in [0.2, 0.25) is 0 Å². The van der Waals surface area contributed by atoms with Gasteiger partial charge in [0.05, 0.1) is 5.54 Å². The number of hydrogen-bond acceptors (Lipinski definition) is 3. The van der Waals surface area contributed by atoms with Crippen molar-refractivity contribution in [1.82, 2.24) is 10.2 Å². The number of carbonyl (C=O) groups is 1. The molecule has 20 heavy (non-hydrogen) atoms. The van der Waals surface area contributed by atoms with E-state index in [0.29, 0.717) is 5.92 Å². The van der Waals surface area contributed by atoms with Gasteiger partial charge in [0, 0.05) is 11.4 Å². The van der Waals surface area contributed by atoms with Crippen molar-refractivity contribution < 1.29 is 4.79 Å². The van der Waals surface area contributed by atoms with E-state index in [0.717, 1.165) is 18.9 Å². The average molecular weight is 292 g/mol. The van der Waals surface area contributed by atoms with Crippen LogP contribution in [0.4, 0.5) is 0 Å². The quantitative estimate of drug-likeness (QED) is 0.902. The van der Waals surface area contributed by atoms with Gasteiger partial charge in [-0.05, 0) is 49.5 Å². The van der Waals surface area contributed by atoms with Crippen molar-refractivity contribution in [1.29, 1.82) is 0 Å². The van der Waals surface area contributed by atoms with E-state index in [-0.39, 0.29) is 12.1 Å². The molecule has 1 aliphatic heterocycles. The summed E-state index contributed by atoms with van der Waals surface area (Å²) >= 11 is 1.73. The molecular weight excluding hydrogens is 268 g/mol. The lowest BCUT2D eigenvalue weighted by atomic mass is 9.98. The predicted molar refractivity (Wildman–Crippen MR) is 82.5 cm³/mol. The molecule has 1 aliphatic carbocycles. The third kappa shape index (κ3) is 2.40. The fourth-order valence-corrected chi connectivity index (χ4v) is 3.90. The molecule has 3 rings (SSSR count). The van der Waals surface area contributed by atoms with Crippen molar-refractivity contribution >= 4 is 17.2 Å². The minimum absolute atomic E-state index is 0.0636. The van der Waals surface area contributed by atoms with Crippen molar-refractivity contribution in [3.63, 3.8) is 0 Å². The Morgan fingerprint density at radius 2 is 2.30 bits per heavy atom. The Kier molecular flexibility index (Phi) is 3.63. The van der Waals surface area contributed by atoms with Crippen LogP contribution < -0.4 is 5.32 Å². The standard InChI is InChI=1S/C16H24N2OS/c1-4-16(3)15(19)18(10-11(2)12-7-8-12)14(17-16)13-6-5-9-20-13/h5-6,9,11-12,14,17H,4,7-8,10H2,1-3H3. The third-order valence-electron chi connectivity index (χ3n) is 4.93. The normalized spacial score (nSPS) is 31.9. The first-order valence-electron chi connectivity index (χ1n) is 7.67. The lowest BCUT2D eigenvalue weighted by molar-refractivity contribution is -0.133. The Hall–Kier alpha value is -0.870. The van der Waals surface area contributed by atoms with E-state index < -0.39 is 5.54 Å². The summed E-state index contributed by atoms with van der Waals surface area (Å²) in [5.74, 6) is 1.72. The molecule has 3 unspecified atom stereocenters. The number of rotatable bonds is 5. The minimum atomic E-state index is -0.405. The van der Waals surface area contributed by atoms with E-state index >= 15 is 0 Å². The molecule has 1 aromatic heterocycles. The largest absolute Gasteiger partial charge is 0.320 e. The first kappa shape index (κ1) is 14.1. The molecule has 2 heterocycles. The molecule has 2 aliphatic rings. The lowest BCUT2D eigenvalue weighted by Crippen LogP contribution is -2.43. The second-order valence-electron chi connectivity index (χ2n) is 6.52. The maximum Gasteiger partial charge on any atom is 0.244 e. The SMILES string of the molecule is CCC1(C)NC(c2cccs2)N(CC(C)C2CC2)C1=O. The van der Waals surface area contributed by atoms with Gasteiger partial charge >= 0.3 is 0 Å². The summed E-state index contributed by atoms with van der Waals surface area (Å²) in [7, 11) is 0. The molecule has 1 saturated heterocycles. The predicted octanol–water partition coefficient (Wildman–Crippen LogP) is 3.39. The van der Waals surface area contributed by atoms with Crippen LogP contribution in [0.25, 0.3) is 0 Å². The van der Waals surface area contributed by atoms with Gasteiger partial charge in [-0.1, -0.05) is 19.9 Å². The highest BCUT2D eigenvalue weighted by Crippen LogP contribution is 2.40. The molecule has 1 saturated carbocycles. The summed E-state index contributed by atoms with van der Waals surface area (Å²) in [6.07, 6.45) is 3.58. The molecule has 0 spiro atoms. The first-order chi connectivity index (χ1) is 9.55. The number of amides is 1. The van der Waals surface area contributed by atoms with E-state index in [1.807, 2.05) is 6.92 Å². The van der Waals surface area contributed by atoms with Gasteiger partial charge < -0.3 is 4.90 Å². The summed E-state index contributed by atoms with van der Waals surface area (Å²) in [5, 5.41) is 5.66. The number of carbonyl (C=O) groups excluding carboxylic acids is 1. The minimum Gasteiger partial charge on any atom is -0.320 e. The van der Waals surface area contributed by atoms with Crippen LogP contribution in [-0.2, 0) is 4.79 Å². The highest BCUT2D eigenvalue weighted by atomic mass is 32.1. The number of thiophene rings is 1. The first-order valence-corrected chi connectivity index (χ1v) is 8.55. The summed E-state index contributed by atoms with van der Waals surface area (Å²) < 4.78 is 0. The Morgan fingerprint density at radius 1 is 1.55 bits per heavy atom. The monoisotopic (exact) mass is 292 g/mol. The fraction of sp³-hybridized carbons (Fsp3) is 0.688. The van der Waals surface area contributed by atoms with Gasteiger partial charge in [0.25, 0.3) is 0 Å². The maximum atomic E-state index is 12.8. The lowest BCUT2D eigenvalue weighted by Gasteiger charge is -2.26.